The maximum atomic E-state index is 5.74. The largest absolute Gasteiger partial charge is 0.493 e. The summed E-state index contributed by atoms with van der Waals surface area (Å²) < 4.78 is 17.9. The van der Waals surface area contributed by atoms with Crippen LogP contribution in [0.3, 0.4) is 0 Å². The molecule has 0 aromatic heterocycles. The van der Waals surface area contributed by atoms with Crippen molar-refractivity contribution in [2.75, 3.05) is 33.5 Å². The van der Waals surface area contributed by atoms with Gasteiger partial charge in [-0.3, -0.25) is 0 Å². The lowest BCUT2D eigenvalue weighted by molar-refractivity contribution is -0.0159. The van der Waals surface area contributed by atoms with Crippen molar-refractivity contribution in [3.8, 4) is 5.75 Å². The monoisotopic (exact) mass is 341 g/mol. The summed E-state index contributed by atoms with van der Waals surface area (Å²) in [6.07, 6.45) is 1.95. The van der Waals surface area contributed by atoms with Gasteiger partial charge in [-0.15, -0.1) is 0 Å². The molecule has 1 aromatic rings. The average Bonchev–Trinajstić information content (AvgIpc) is 3.07. The van der Waals surface area contributed by atoms with Gasteiger partial charge in [-0.1, -0.05) is 15.9 Å². The zero-order valence-corrected chi connectivity index (χ0v) is 13.3. The number of rotatable bonds is 5. The molecular weight excluding hydrogens is 322 g/mol. The first kappa shape index (κ1) is 14.3. The lowest BCUT2D eigenvalue weighted by Gasteiger charge is -2.26. The van der Waals surface area contributed by atoms with Crippen LogP contribution < -0.4 is 10.1 Å². The van der Waals surface area contributed by atoms with Crippen LogP contribution >= 0.6 is 15.9 Å². The molecular formula is C15H20BrNO3. The van der Waals surface area contributed by atoms with E-state index in [1.807, 2.05) is 0 Å². The van der Waals surface area contributed by atoms with Crippen molar-refractivity contribution in [1.29, 1.82) is 0 Å². The number of hydrogen-bond donors (Lipinski definition) is 1. The van der Waals surface area contributed by atoms with Gasteiger partial charge in [0, 0.05) is 49.7 Å². The first-order valence-electron chi connectivity index (χ1n) is 7.00. The third-order valence-corrected chi connectivity index (χ3v) is 4.55. The van der Waals surface area contributed by atoms with Crippen LogP contribution in [-0.4, -0.2) is 39.1 Å². The number of hydrogen-bond acceptors (Lipinski definition) is 4. The van der Waals surface area contributed by atoms with Gasteiger partial charge in [-0.05, 0) is 17.7 Å². The molecule has 1 saturated heterocycles. The molecule has 0 spiro atoms. The predicted octanol–water partition coefficient (Wildman–Crippen LogP) is 2.28. The fraction of sp³-hybridized carbons (Fsp3) is 0.600. The smallest absolute Gasteiger partial charge is 0.127 e. The lowest BCUT2D eigenvalue weighted by atomic mass is 10.0. The summed E-state index contributed by atoms with van der Waals surface area (Å²) in [5, 5.41) is 3.49. The number of halogens is 1. The predicted molar refractivity (Wildman–Crippen MR) is 80.2 cm³/mol. The molecule has 110 valence electrons. The van der Waals surface area contributed by atoms with Crippen LogP contribution in [-0.2, 0) is 22.4 Å². The van der Waals surface area contributed by atoms with Gasteiger partial charge in [0.2, 0.25) is 0 Å². The summed E-state index contributed by atoms with van der Waals surface area (Å²) in [5.74, 6) is 1.05. The third kappa shape index (κ3) is 2.86. The van der Waals surface area contributed by atoms with E-state index in [1.54, 1.807) is 7.11 Å². The standard InChI is InChI=1S/C15H20BrNO3/c1-18-15(3-5-19-10-15)9-17-8-12-7-13(16)6-11-2-4-20-14(11)12/h6-7,17H,2-5,8-10H2,1H3. The maximum absolute atomic E-state index is 5.74. The van der Waals surface area contributed by atoms with E-state index >= 15 is 0 Å². The number of ether oxygens (including phenoxy) is 3. The topological polar surface area (TPSA) is 39.7 Å². The van der Waals surface area contributed by atoms with E-state index < -0.39 is 0 Å². The molecule has 0 aliphatic carbocycles. The summed E-state index contributed by atoms with van der Waals surface area (Å²) in [7, 11) is 1.76. The van der Waals surface area contributed by atoms with Crippen molar-refractivity contribution in [2.45, 2.75) is 25.0 Å². The van der Waals surface area contributed by atoms with Crippen molar-refractivity contribution in [3.63, 3.8) is 0 Å². The molecule has 0 bridgehead atoms. The Bertz CT molecular complexity index is 486. The Kier molecular flexibility index (Phi) is 4.31. The second kappa shape index (κ2) is 6.02. The van der Waals surface area contributed by atoms with Gasteiger partial charge >= 0.3 is 0 Å². The van der Waals surface area contributed by atoms with Gasteiger partial charge in [-0.25, -0.2) is 0 Å². The van der Waals surface area contributed by atoms with E-state index in [0.717, 1.165) is 49.4 Å². The highest BCUT2D eigenvalue weighted by Gasteiger charge is 2.34. The minimum Gasteiger partial charge on any atom is -0.493 e. The third-order valence-electron chi connectivity index (χ3n) is 4.09. The van der Waals surface area contributed by atoms with Crippen molar-refractivity contribution < 1.29 is 14.2 Å². The molecule has 2 aliphatic heterocycles. The van der Waals surface area contributed by atoms with Gasteiger partial charge in [0.05, 0.1) is 13.2 Å². The van der Waals surface area contributed by atoms with Gasteiger partial charge in [0.15, 0.2) is 0 Å². The number of nitrogens with one attached hydrogen (secondary N) is 1. The van der Waals surface area contributed by atoms with Gasteiger partial charge in [0.25, 0.3) is 0 Å². The Morgan fingerprint density at radius 2 is 2.30 bits per heavy atom. The van der Waals surface area contributed by atoms with E-state index in [4.69, 9.17) is 14.2 Å². The molecule has 5 heteroatoms. The molecule has 20 heavy (non-hydrogen) atoms. The van der Waals surface area contributed by atoms with E-state index in [1.165, 1.54) is 11.1 Å². The fourth-order valence-electron chi connectivity index (χ4n) is 2.86. The van der Waals surface area contributed by atoms with Crippen LogP contribution in [0, 0.1) is 0 Å². The van der Waals surface area contributed by atoms with E-state index in [9.17, 15) is 0 Å². The Labute approximate surface area is 127 Å². The van der Waals surface area contributed by atoms with Gasteiger partial charge in [0.1, 0.15) is 11.4 Å². The SMILES string of the molecule is COC1(CNCc2cc(Br)cc3c2OCC3)CCOC1. The van der Waals surface area contributed by atoms with Crippen LogP contribution in [0.1, 0.15) is 17.5 Å². The molecule has 1 fully saturated rings. The molecule has 2 aliphatic rings. The second-order valence-electron chi connectivity index (χ2n) is 5.44. The molecule has 0 saturated carbocycles. The first-order chi connectivity index (χ1) is 9.72. The minimum absolute atomic E-state index is 0.171. The summed E-state index contributed by atoms with van der Waals surface area (Å²) in [5.41, 5.74) is 2.33. The highest BCUT2D eigenvalue weighted by Crippen LogP contribution is 2.33. The molecule has 1 N–H and O–H groups in total. The molecule has 1 aromatic carbocycles. The van der Waals surface area contributed by atoms with Crippen molar-refractivity contribution in [1.82, 2.24) is 5.32 Å². The molecule has 0 radical (unpaired) electrons. The summed E-state index contributed by atoms with van der Waals surface area (Å²) in [6, 6.07) is 4.27. The highest BCUT2D eigenvalue weighted by atomic mass is 79.9. The second-order valence-corrected chi connectivity index (χ2v) is 6.36. The van der Waals surface area contributed by atoms with Crippen molar-refractivity contribution >= 4 is 15.9 Å². The van der Waals surface area contributed by atoms with Gasteiger partial charge in [-0.2, -0.15) is 0 Å². The van der Waals surface area contributed by atoms with Gasteiger partial charge < -0.3 is 19.5 Å². The average molecular weight is 342 g/mol. The maximum Gasteiger partial charge on any atom is 0.127 e. The van der Waals surface area contributed by atoms with E-state index in [-0.39, 0.29) is 5.60 Å². The molecule has 4 nitrogen and oxygen atoms in total. The lowest BCUT2D eigenvalue weighted by Crippen LogP contribution is -2.42. The number of benzene rings is 1. The Hall–Kier alpha value is -0.620. The normalized spacial score (nSPS) is 24.7. The molecule has 1 unspecified atom stereocenters. The minimum atomic E-state index is -0.171. The quantitative estimate of drug-likeness (QED) is 0.891. The fourth-order valence-corrected chi connectivity index (χ4v) is 3.42. The van der Waals surface area contributed by atoms with Crippen LogP contribution in [0.4, 0.5) is 0 Å². The Balaban J connectivity index is 1.64. The summed E-state index contributed by atoms with van der Waals surface area (Å²) in [4.78, 5) is 0. The molecule has 0 amide bonds. The summed E-state index contributed by atoms with van der Waals surface area (Å²) in [6.45, 7) is 3.82. The van der Waals surface area contributed by atoms with Crippen molar-refractivity contribution in [2.24, 2.45) is 0 Å². The number of fused-ring (bicyclic) bond motifs is 1. The number of methoxy groups -OCH3 is 1. The highest BCUT2D eigenvalue weighted by molar-refractivity contribution is 9.10. The Morgan fingerprint density at radius 3 is 3.05 bits per heavy atom. The Morgan fingerprint density at radius 1 is 1.40 bits per heavy atom. The van der Waals surface area contributed by atoms with Crippen LogP contribution in [0.25, 0.3) is 0 Å². The zero-order chi connectivity index (χ0) is 14.0. The zero-order valence-electron chi connectivity index (χ0n) is 11.7. The first-order valence-corrected chi connectivity index (χ1v) is 7.79. The van der Waals surface area contributed by atoms with E-state index in [0.29, 0.717) is 6.61 Å². The molecule has 2 heterocycles. The van der Waals surface area contributed by atoms with Crippen LogP contribution in [0.2, 0.25) is 0 Å². The summed E-state index contributed by atoms with van der Waals surface area (Å²) >= 11 is 3.57. The van der Waals surface area contributed by atoms with Crippen molar-refractivity contribution in [3.05, 3.63) is 27.7 Å². The molecule has 1 atom stereocenters. The van der Waals surface area contributed by atoms with Crippen LogP contribution in [0.15, 0.2) is 16.6 Å². The van der Waals surface area contributed by atoms with Crippen LogP contribution in [0.5, 0.6) is 5.75 Å². The van der Waals surface area contributed by atoms with E-state index in [2.05, 4.69) is 33.4 Å². The molecule has 3 rings (SSSR count).